The maximum Gasteiger partial charge on any atom is 0.322 e. The lowest BCUT2D eigenvalue weighted by molar-refractivity contribution is 0.195. The van der Waals surface area contributed by atoms with Crippen LogP contribution in [0.5, 0.6) is 0 Å². The summed E-state index contributed by atoms with van der Waals surface area (Å²) < 4.78 is 5.39. The van der Waals surface area contributed by atoms with Crippen molar-refractivity contribution in [2.75, 3.05) is 11.9 Å². The molecule has 1 aliphatic heterocycles. The summed E-state index contributed by atoms with van der Waals surface area (Å²) in [5.41, 5.74) is 2.35. The molecule has 1 unspecified atom stereocenters. The Morgan fingerprint density at radius 3 is 2.96 bits per heavy atom. The summed E-state index contributed by atoms with van der Waals surface area (Å²) in [5, 5.41) is 6.99. The summed E-state index contributed by atoms with van der Waals surface area (Å²) >= 11 is 1.66. The normalized spacial score (nSPS) is 16.8. The fraction of sp³-hybridized carbons (Fsp3) is 0.316. The molecule has 0 aliphatic carbocycles. The van der Waals surface area contributed by atoms with Crippen LogP contribution >= 0.6 is 11.3 Å². The number of rotatable bonds is 3. The van der Waals surface area contributed by atoms with E-state index in [1.165, 1.54) is 4.88 Å². The van der Waals surface area contributed by atoms with Gasteiger partial charge in [0.05, 0.1) is 22.3 Å². The predicted octanol–water partition coefficient (Wildman–Crippen LogP) is 4.78. The number of likely N-dealkylation sites (tertiary alicyclic amines) is 1. The Morgan fingerprint density at radius 2 is 2.23 bits per heavy atom. The van der Waals surface area contributed by atoms with Crippen LogP contribution < -0.4 is 5.32 Å². The lowest BCUT2D eigenvalue weighted by Crippen LogP contribution is -2.34. The van der Waals surface area contributed by atoms with Gasteiger partial charge in [-0.05, 0) is 51.0 Å². The van der Waals surface area contributed by atoms with Crippen LogP contribution in [0.25, 0.3) is 10.6 Å². The zero-order valence-corrected chi connectivity index (χ0v) is 15.5. The van der Waals surface area contributed by atoms with Crippen molar-refractivity contribution in [3.63, 3.8) is 0 Å². The van der Waals surface area contributed by atoms with E-state index in [0.29, 0.717) is 6.54 Å². The van der Waals surface area contributed by atoms with E-state index < -0.39 is 0 Å². The summed E-state index contributed by atoms with van der Waals surface area (Å²) in [6.45, 7) is 4.64. The minimum absolute atomic E-state index is 0.0692. The van der Waals surface area contributed by atoms with E-state index in [9.17, 15) is 4.79 Å². The molecule has 134 valence electrons. The number of carbonyl (C=O) groups is 1. The molecule has 0 bridgehead atoms. The van der Waals surface area contributed by atoms with Crippen molar-refractivity contribution in [2.45, 2.75) is 32.7 Å². The lowest BCUT2D eigenvalue weighted by Gasteiger charge is -2.23. The van der Waals surface area contributed by atoms with Crippen LogP contribution in [0.3, 0.4) is 0 Å². The highest BCUT2D eigenvalue weighted by atomic mass is 32.1. The Labute approximate surface area is 155 Å². The highest BCUT2D eigenvalue weighted by molar-refractivity contribution is 7.15. The van der Waals surface area contributed by atoms with Crippen molar-refractivity contribution in [1.29, 1.82) is 0 Å². The highest BCUT2D eigenvalue weighted by Crippen LogP contribution is 2.35. The number of urea groups is 1. The molecule has 3 aromatic heterocycles. The zero-order valence-electron chi connectivity index (χ0n) is 14.7. The standard InChI is InChI=1S/C19H20N4O2S/c1-12-11-16(25-22-12)15-6-4-10-23(15)19(24)21-14-5-3-9-20-18(14)17-8-7-13(2)26-17/h3,5,7-9,11,15H,4,6,10H2,1-2H3,(H,21,24). The largest absolute Gasteiger partial charge is 0.359 e. The Balaban J connectivity index is 1.57. The number of anilines is 1. The van der Waals surface area contributed by atoms with E-state index >= 15 is 0 Å². The maximum atomic E-state index is 12.9. The second-order valence-electron chi connectivity index (χ2n) is 6.46. The van der Waals surface area contributed by atoms with Crippen LogP contribution in [-0.2, 0) is 0 Å². The number of aryl methyl sites for hydroxylation is 2. The molecule has 26 heavy (non-hydrogen) atoms. The highest BCUT2D eigenvalue weighted by Gasteiger charge is 2.33. The van der Waals surface area contributed by atoms with E-state index in [4.69, 9.17) is 4.52 Å². The van der Waals surface area contributed by atoms with Crippen LogP contribution in [0.4, 0.5) is 10.5 Å². The molecule has 1 atom stereocenters. The molecular formula is C19H20N4O2S. The van der Waals surface area contributed by atoms with Crippen molar-refractivity contribution in [1.82, 2.24) is 15.0 Å². The molecule has 7 heteroatoms. The third-order valence-corrected chi connectivity index (χ3v) is 5.52. The van der Waals surface area contributed by atoms with E-state index in [1.807, 2.05) is 36.1 Å². The molecule has 1 N–H and O–H groups in total. The van der Waals surface area contributed by atoms with E-state index in [1.54, 1.807) is 17.5 Å². The minimum atomic E-state index is -0.135. The SMILES string of the molecule is Cc1cc(C2CCCN2C(=O)Nc2cccnc2-c2ccc(C)s2)on1. The zero-order chi connectivity index (χ0) is 18.1. The summed E-state index contributed by atoms with van der Waals surface area (Å²) in [6.07, 6.45) is 3.57. The molecule has 4 rings (SSSR count). The number of hydrogen-bond donors (Lipinski definition) is 1. The average Bonchev–Trinajstić information content (AvgIpc) is 3.35. The van der Waals surface area contributed by atoms with Gasteiger partial charge in [-0.1, -0.05) is 5.16 Å². The van der Waals surface area contributed by atoms with Gasteiger partial charge >= 0.3 is 6.03 Å². The Hall–Kier alpha value is -2.67. The van der Waals surface area contributed by atoms with Crippen molar-refractivity contribution in [2.24, 2.45) is 0 Å². The van der Waals surface area contributed by atoms with E-state index in [0.717, 1.165) is 40.6 Å². The van der Waals surface area contributed by atoms with Gasteiger partial charge in [0.15, 0.2) is 5.76 Å². The quantitative estimate of drug-likeness (QED) is 0.722. The van der Waals surface area contributed by atoms with Crippen molar-refractivity contribution in [3.8, 4) is 10.6 Å². The smallest absolute Gasteiger partial charge is 0.322 e. The number of amides is 2. The molecule has 1 saturated heterocycles. The Morgan fingerprint density at radius 1 is 1.35 bits per heavy atom. The first kappa shape index (κ1) is 16.8. The van der Waals surface area contributed by atoms with Crippen molar-refractivity contribution < 1.29 is 9.32 Å². The Bertz CT molecular complexity index is 933. The van der Waals surface area contributed by atoms with Gasteiger partial charge in [0.1, 0.15) is 5.69 Å². The molecule has 1 aliphatic rings. The summed E-state index contributed by atoms with van der Waals surface area (Å²) in [7, 11) is 0. The van der Waals surface area contributed by atoms with Gasteiger partial charge in [-0.2, -0.15) is 0 Å². The van der Waals surface area contributed by atoms with Crippen LogP contribution in [0.1, 0.15) is 35.2 Å². The number of hydrogen-bond acceptors (Lipinski definition) is 5. The lowest BCUT2D eigenvalue weighted by atomic mass is 10.1. The Kier molecular flexibility index (Phi) is 4.46. The van der Waals surface area contributed by atoms with Gasteiger partial charge in [0.25, 0.3) is 0 Å². The molecule has 0 saturated carbocycles. The number of thiophene rings is 1. The van der Waals surface area contributed by atoms with Crippen molar-refractivity contribution >= 4 is 23.1 Å². The monoisotopic (exact) mass is 368 g/mol. The molecule has 4 heterocycles. The average molecular weight is 368 g/mol. The fourth-order valence-corrected chi connectivity index (χ4v) is 4.18. The molecule has 0 spiro atoms. The number of nitrogens with zero attached hydrogens (tertiary/aromatic N) is 3. The van der Waals surface area contributed by atoms with Crippen LogP contribution in [-0.4, -0.2) is 27.6 Å². The molecule has 6 nitrogen and oxygen atoms in total. The first-order valence-corrected chi connectivity index (χ1v) is 9.46. The third kappa shape index (κ3) is 3.22. The van der Waals surface area contributed by atoms with Crippen LogP contribution in [0.2, 0.25) is 0 Å². The second-order valence-corrected chi connectivity index (χ2v) is 7.75. The van der Waals surface area contributed by atoms with E-state index in [2.05, 4.69) is 28.4 Å². The third-order valence-electron chi connectivity index (χ3n) is 4.51. The fourth-order valence-electron chi connectivity index (χ4n) is 3.30. The molecule has 0 radical (unpaired) electrons. The molecule has 0 aromatic carbocycles. The summed E-state index contributed by atoms with van der Waals surface area (Å²) in [4.78, 5) is 21.5. The molecule has 3 aromatic rings. The predicted molar refractivity (Wildman–Crippen MR) is 101 cm³/mol. The van der Waals surface area contributed by atoms with Gasteiger partial charge in [-0.25, -0.2) is 4.79 Å². The maximum absolute atomic E-state index is 12.9. The number of aromatic nitrogens is 2. The van der Waals surface area contributed by atoms with E-state index in [-0.39, 0.29) is 12.1 Å². The number of nitrogens with one attached hydrogen (secondary N) is 1. The summed E-state index contributed by atoms with van der Waals surface area (Å²) in [5.74, 6) is 0.746. The molecule has 1 fully saturated rings. The van der Waals surface area contributed by atoms with Gasteiger partial charge in [0.2, 0.25) is 0 Å². The number of carbonyl (C=O) groups excluding carboxylic acids is 1. The second kappa shape index (κ2) is 6.92. The van der Waals surface area contributed by atoms with Crippen LogP contribution in [0.15, 0.2) is 41.1 Å². The summed E-state index contributed by atoms with van der Waals surface area (Å²) in [6, 6.07) is 9.51. The number of pyridine rings is 1. The van der Waals surface area contributed by atoms with Gasteiger partial charge in [0, 0.05) is 23.7 Å². The topological polar surface area (TPSA) is 71.3 Å². The minimum Gasteiger partial charge on any atom is -0.359 e. The molecule has 2 amide bonds. The van der Waals surface area contributed by atoms with Gasteiger partial charge < -0.3 is 14.7 Å². The van der Waals surface area contributed by atoms with Crippen LogP contribution in [0, 0.1) is 13.8 Å². The first-order chi connectivity index (χ1) is 12.6. The van der Waals surface area contributed by atoms with Crippen molar-refractivity contribution in [3.05, 3.63) is 52.9 Å². The first-order valence-electron chi connectivity index (χ1n) is 8.64. The van der Waals surface area contributed by atoms with Gasteiger partial charge in [-0.15, -0.1) is 11.3 Å². The molecular weight excluding hydrogens is 348 g/mol. The van der Waals surface area contributed by atoms with Gasteiger partial charge in [-0.3, -0.25) is 4.98 Å².